The molecule has 0 saturated heterocycles. The molecule has 0 spiro atoms. The predicted octanol–water partition coefficient (Wildman–Crippen LogP) is 1.14. The lowest BCUT2D eigenvalue weighted by Gasteiger charge is -2.09. The minimum absolute atomic E-state index is 0.266. The molecule has 5 heteroatoms. The fourth-order valence-electron chi connectivity index (χ4n) is 1.15. The normalized spacial score (nSPS) is 14.9. The van der Waals surface area contributed by atoms with Gasteiger partial charge in [-0.05, 0) is 31.3 Å². The van der Waals surface area contributed by atoms with Gasteiger partial charge in [0.15, 0.2) is 0 Å². The number of nitrogens with one attached hydrogen (secondary N) is 1. The smallest absolute Gasteiger partial charge is 0.0783 e. The fourth-order valence-corrected chi connectivity index (χ4v) is 2.52. The zero-order chi connectivity index (χ0) is 11.3. The monoisotopic (exact) mass is 291 g/mol. The molecule has 1 aromatic rings. The summed E-state index contributed by atoms with van der Waals surface area (Å²) in [7, 11) is 0.622. The maximum atomic E-state index is 11.7. The summed E-state index contributed by atoms with van der Waals surface area (Å²) in [6, 6.07) is 7.29. The predicted molar refractivity (Wildman–Crippen MR) is 65.4 cm³/mol. The highest BCUT2D eigenvalue weighted by molar-refractivity contribution is 9.10. The molecule has 84 valence electrons. The van der Waals surface area contributed by atoms with Crippen molar-refractivity contribution in [3.63, 3.8) is 0 Å². The molecule has 0 amide bonds. The second-order valence-corrected chi connectivity index (χ2v) is 5.59. The van der Waals surface area contributed by atoms with Crippen molar-refractivity contribution in [3.8, 4) is 0 Å². The van der Waals surface area contributed by atoms with Gasteiger partial charge in [-0.15, -0.1) is 0 Å². The van der Waals surface area contributed by atoms with Crippen LogP contribution < -0.4 is 5.32 Å². The number of rotatable bonds is 5. The van der Waals surface area contributed by atoms with Crippen molar-refractivity contribution < 1.29 is 9.32 Å². The van der Waals surface area contributed by atoms with Crippen molar-refractivity contribution in [2.24, 2.45) is 0 Å². The molecular formula is C10H14BrNO2S. The molecule has 0 fully saturated rings. The van der Waals surface area contributed by atoms with Crippen LogP contribution in [0.3, 0.4) is 0 Å². The molecule has 2 atom stereocenters. The first-order chi connectivity index (χ1) is 7.13. The van der Waals surface area contributed by atoms with Gasteiger partial charge >= 0.3 is 0 Å². The highest BCUT2D eigenvalue weighted by Crippen LogP contribution is 2.13. The molecule has 0 saturated carbocycles. The van der Waals surface area contributed by atoms with Gasteiger partial charge in [0.2, 0.25) is 0 Å². The minimum Gasteiger partial charge on any atom is -0.391 e. The van der Waals surface area contributed by atoms with Gasteiger partial charge in [-0.3, -0.25) is 4.21 Å². The molecular weight excluding hydrogens is 278 g/mol. The Morgan fingerprint density at radius 2 is 2.07 bits per heavy atom. The average Bonchev–Trinajstić information content (AvgIpc) is 2.18. The summed E-state index contributed by atoms with van der Waals surface area (Å²) >= 11 is 3.31. The lowest BCUT2D eigenvalue weighted by molar-refractivity contribution is 0.198. The first-order valence-electron chi connectivity index (χ1n) is 4.60. The molecule has 3 nitrogen and oxygen atoms in total. The summed E-state index contributed by atoms with van der Waals surface area (Å²) in [5.74, 6) is 0.266. The van der Waals surface area contributed by atoms with E-state index < -0.39 is 16.9 Å². The van der Waals surface area contributed by atoms with Crippen LogP contribution in [0.5, 0.6) is 0 Å². The molecule has 15 heavy (non-hydrogen) atoms. The van der Waals surface area contributed by atoms with E-state index in [4.69, 9.17) is 0 Å². The van der Waals surface area contributed by atoms with Gasteiger partial charge in [0.1, 0.15) is 0 Å². The zero-order valence-corrected chi connectivity index (χ0v) is 10.8. The fraction of sp³-hybridized carbons (Fsp3) is 0.400. The van der Waals surface area contributed by atoms with E-state index in [0.29, 0.717) is 6.54 Å². The zero-order valence-electron chi connectivity index (χ0n) is 8.44. The Balaban J connectivity index is 2.57. The summed E-state index contributed by atoms with van der Waals surface area (Å²) in [6.45, 7) is 0.461. The summed E-state index contributed by atoms with van der Waals surface area (Å²) in [5, 5.41) is 12.3. The second-order valence-electron chi connectivity index (χ2n) is 3.18. The van der Waals surface area contributed by atoms with Crippen molar-refractivity contribution in [3.05, 3.63) is 28.7 Å². The van der Waals surface area contributed by atoms with E-state index >= 15 is 0 Å². The van der Waals surface area contributed by atoms with Crippen molar-refractivity contribution in [1.29, 1.82) is 0 Å². The van der Waals surface area contributed by atoms with Crippen LogP contribution in [0.2, 0.25) is 0 Å². The van der Waals surface area contributed by atoms with Crippen molar-refractivity contribution in [2.75, 3.05) is 19.3 Å². The SMILES string of the molecule is CNCC(O)CS(=O)c1ccc(Br)cc1. The van der Waals surface area contributed by atoms with Crippen LogP contribution in [0.25, 0.3) is 0 Å². The van der Waals surface area contributed by atoms with Gasteiger partial charge in [-0.25, -0.2) is 0 Å². The van der Waals surface area contributed by atoms with Crippen molar-refractivity contribution in [1.82, 2.24) is 5.32 Å². The highest BCUT2D eigenvalue weighted by atomic mass is 79.9. The van der Waals surface area contributed by atoms with Gasteiger partial charge in [0.25, 0.3) is 0 Å². The first kappa shape index (κ1) is 12.8. The molecule has 0 aromatic heterocycles. The van der Waals surface area contributed by atoms with E-state index in [-0.39, 0.29) is 5.75 Å². The molecule has 2 unspecified atom stereocenters. The number of aliphatic hydroxyl groups excluding tert-OH is 1. The molecule has 0 aliphatic heterocycles. The molecule has 1 rings (SSSR count). The molecule has 0 aliphatic rings. The van der Waals surface area contributed by atoms with Crippen LogP contribution in [0.4, 0.5) is 0 Å². The van der Waals surface area contributed by atoms with Crippen LogP contribution in [0.15, 0.2) is 33.6 Å². The maximum absolute atomic E-state index is 11.7. The molecule has 0 radical (unpaired) electrons. The Morgan fingerprint density at radius 3 is 2.60 bits per heavy atom. The lowest BCUT2D eigenvalue weighted by atomic mass is 10.4. The van der Waals surface area contributed by atoms with E-state index in [0.717, 1.165) is 9.37 Å². The van der Waals surface area contributed by atoms with Crippen molar-refractivity contribution in [2.45, 2.75) is 11.0 Å². The average molecular weight is 292 g/mol. The third-order valence-electron chi connectivity index (χ3n) is 1.86. The van der Waals surface area contributed by atoms with Crippen LogP contribution >= 0.6 is 15.9 Å². The maximum Gasteiger partial charge on any atom is 0.0783 e. The van der Waals surface area contributed by atoms with Crippen LogP contribution in [-0.4, -0.2) is 34.8 Å². The van der Waals surface area contributed by atoms with Gasteiger partial charge in [0, 0.05) is 15.9 Å². The quantitative estimate of drug-likeness (QED) is 0.855. The van der Waals surface area contributed by atoms with Crippen LogP contribution in [-0.2, 0) is 10.8 Å². The van der Waals surface area contributed by atoms with Gasteiger partial charge in [0.05, 0.1) is 22.7 Å². The van der Waals surface area contributed by atoms with E-state index in [1.165, 1.54) is 0 Å². The number of likely N-dealkylation sites (N-methyl/N-ethyl adjacent to an activating group) is 1. The number of hydrogen-bond donors (Lipinski definition) is 2. The molecule has 0 heterocycles. The summed E-state index contributed by atoms with van der Waals surface area (Å²) in [6.07, 6.45) is -0.570. The van der Waals surface area contributed by atoms with Gasteiger partial charge in [-0.2, -0.15) is 0 Å². The Morgan fingerprint density at radius 1 is 1.47 bits per heavy atom. The van der Waals surface area contributed by atoms with E-state index in [2.05, 4.69) is 21.2 Å². The Kier molecular flexibility index (Phi) is 5.45. The molecule has 0 bridgehead atoms. The number of halogens is 1. The number of hydrogen-bond acceptors (Lipinski definition) is 3. The van der Waals surface area contributed by atoms with E-state index in [9.17, 15) is 9.32 Å². The Hall–Kier alpha value is -0.230. The molecule has 1 aromatic carbocycles. The third kappa shape index (κ3) is 4.42. The lowest BCUT2D eigenvalue weighted by Crippen LogP contribution is -2.28. The topological polar surface area (TPSA) is 49.3 Å². The summed E-state index contributed by atoms with van der Waals surface area (Å²) in [4.78, 5) is 0.744. The first-order valence-corrected chi connectivity index (χ1v) is 6.71. The van der Waals surface area contributed by atoms with E-state index in [1.54, 1.807) is 19.2 Å². The standard InChI is InChI=1S/C10H14BrNO2S/c1-12-6-9(13)7-15(14)10-4-2-8(11)3-5-10/h2-5,9,12-13H,6-7H2,1H3. The summed E-state index contributed by atoms with van der Waals surface area (Å²) < 4.78 is 12.7. The number of benzene rings is 1. The third-order valence-corrected chi connectivity index (χ3v) is 3.87. The number of aliphatic hydroxyl groups is 1. The van der Waals surface area contributed by atoms with Crippen molar-refractivity contribution >= 4 is 26.7 Å². The largest absolute Gasteiger partial charge is 0.391 e. The van der Waals surface area contributed by atoms with Gasteiger partial charge in [-0.1, -0.05) is 15.9 Å². The Bertz CT molecular complexity index is 329. The van der Waals surface area contributed by atoms with Crippen LogP contribution in [0.1, 0.15) is 0 Å². The highest BCUT2D eigenvalue weighted by Gasteiger charge is 2.10. The molecule has 0 aliphatic carbocycles. The van der Waals surface area contributed by atoms with E-state index in [1.807, 2.05) is 12.1 Å². The summed E-state index contributed by atoms with van der Waals surface area (Å²) in [5.41, 5.74) is 0. The van der Waals surface area contributed by atoms with Crippen LogP contribution in [0, 0.1) is 0 Å². The Labute approximate surface area is 100 Å². The minimum atomic E-state index is -1.13. The molecule has 2 N–H and O–H groups in total. The second kappa shape index (κ2) is 6.37. The van der Waals surface area contributed by atoms with Gasteiger partial charge < -0.3 is 10.4 Å².